The Hall–Kier alpha value is -2.72. The minimum Gasteiger partial charge on any atom is -0.449 e. The number of ether oxygens (including phenoxy) is 1. The first-order valence-electron chi connectivity index (χ1n) is 7.77. The van der Waals surface area contributed by atoms with Gasteiger partial charge in [0.25, 0.3) is 5.91 Å². The quantitative estimate of drug-likeness (QED) is 0.516. The number of carbonyl (C=O) groups is 3. The molecule has 1 heterocycles. The largest absolute Gasteiger partial charge is 0.449 e. The van der Waals surface area contributed by atoms with Crippen LogP contribution < -0.4 is 10.0 Å². The third-order valence-corrected chi connectivity index (χ3v) is 4.97. The first-order valence-corrected chi connectivity index (χ1v) is 9.25. The number of esters is 1. The monoisotopic (exact) mass is 381 g/mol. The summed E-state index contributed by atoms with van der Waals surface area (Å²) in [4.78, 5) is 36.7. The molecule has 0 bridgehead atoms. The van der Waals surface area contributed by atoms with Crippen LogP contribution >= 0.6 is 0 Å². The van der Waals surface area contributed by atoms with Gasteiger partial charge in [0.05, 0.1) is 10.5 Å². The van der Waals surface area contributed by atoms with Crippen molar-refractivity contribution >= 4 is 27.9 Å². The van der Waals surface area contributed by atoms with Crippen molar-refractivity contribution in [2.24, 2.45) is 0 Å². The molecule has 0 aromatic heterocycles. The predicted molar refractivity (Wildman–Crippen MR) is 91.8 cm³/mol. The van der Waals surface area contributed by atoms with Gasteiger partial charge in [0, 0.05) is 19.6 Å². The molecule has 0 spiro atoms. The van der Waals surface area contributed by atoms with Crippen LogP contribution in [-0.2, 0) is 19.6 Å². The molecule has 26 heavy (non-hydrogen) atoms. The number of benzene rings is 1. The van der Waals surface area contributed by atoms with Gasteiger partial charge in [-0.3, -0.25) is 9.69 Å². The molecular weight excluding hydrogens is 362 g/mol. The number of urea groups is 1. The van der Waals surface area contributed by atoms with Crippen LogP contribution in [0.1, 0.15) is 17.3 Å². The van der Waals surface area contributed by atoms with Crippen molar-refractivity contribution in [3.8, 4) is 0 Å². The predicted octanol–water partition coefficient (Wildman–Crippen LogP) is 0.248. The molecule has 10 heteroatoms. The zero-order valence-electron chi connectivity index (χ0n) is 14.1. The molecule has 1 aromatic carbocycles. The highest BCUT2D eigenvalue weighted by atomic mass is 32.2. The summed E-state index contributed by atoms with van der Waals surface area (Å²) in [6.07, 6.45) is 0.197. The van der Waals surface area contributed by atoms with Crippen molar-refractivity contribution in [2.45, 2.75) is 17.9 Å². The lowest BCUT2D eigenvalue weighted by Gasteiger charge is -2.18. The fraction of sp³-hybridized carbons (Fsp3) is 0.312. The van der Waals surface area contributed by atoms with Gasteiger partial charge in [-0.2, -0.15) is 0 Å². The van der Waals surface area contributed by atoms with E-state index in [9.17, 15) is 22.8 Å². The van der Waals surface area contributed by atoms with E-state index in [-0.39, 0.29) is 23.5 Å². The zero-order valence-corrected chi connectivity index (χ0v) is 14.9. The first-order chi connectivity index (χ1) is 12.3. The Bertz CT molecular complexity index is 836. The van der Waals surface area contributed by atoms with Gasteiger partial charge in [-0.05, 0) is 25.1 Å². The molecule has 2 rings (SSSR count). The van der Waals surface area contributed by atoms with Crippen molar-refractivity contribution in [3.05, 3.63) is 42.5 Å². The normalized spacial score (nSPS) is 15.3. The van der Waals surface area contributed by atoms with Gasteiger partial charge >= 0.3 is 12.0 Å². The lowest BCUT2D eigenvalue weighted by molar-refractivity contribution is -0.136. The molecule has 140 valence electrons. The second-order valence-electron chi connectivity index (χ2n) is 5.44. The number of amides is 3. The van der Waals surface area contributed by atoms with Crippen LogP contribution in [0.5, 0.6) is 0 Å². The van der Waals surface area contributed by atoms with Crippen LogP contribution in [0.4, 0.5) is 4.79 Å². The van der Waals surface area contributed by atoms with Crippen molar-refractivity contribution in [1.29, 1.82) is 0 Å². The molecule has 1 saturated heterocycles. The van der Waals surface area contributed by atoms with E-state index in [1.807, 2.05) is 0 Å². The minimum absolute atomic E-state index is 0.0306. The van der Waals surface area contributed by atoms with E-state index in [1.165, 1.54) is 31.2 Å². The van der Waals surface area contributed by atoms with Crippen molar-refractivity contribution in [1.82, 2.24) is 14.9 Å². The second-order valence-corrected chi connectivity index (χ2v) is 7.20. The van der Waals surface area contributed by atoms with Crippen LogP contribution in [0, 0.1) is 0 Å². The highest BCUT2D eigenvalue weighted by molar-refractivity contribution is 7.89. The molecule has 0 radical (unpaired) electrons. The van der Waals surface area contributed by atoms with Crippen LogP contribution in [0.2, 0.25) is 0 Å². The summed E-state index contributed by atoms with van der Waals surface area (Å²) < 4.78 is 31.5. The SMILES string of the molecule is C=CCNS(=O)(=O)c1cccc(C(=O)O[C@H](C)C(=O)N2CCNC2=O)c1. The molecule has 2 N–H and O–H groups in total. The number of hydrogen-bond acceptors (Lipinski definition) is 6. The lowest BCUT2D eigenvalue weighted by Crippen LogP contribution is -2.41. The topological polar surface area (TPSA) is 122 Å². The summed E-state index contributed by atoms with van der Waals surface area (Å²) in [5.74, 6) is -1.52. The van der Waals surface area contributed by atoms with E-state index in [0.717, 1.165) is 11.0 Å². The van der Waals surface area contributed by atoms with E-state index in [4.69, 9.17) is 4.74 Å². The summed E-state index contributed by atoms with van der Waals surface area (Å²) >= 11 is 0. The fourth-order valence-corrected chi connectivity index (χ4v) is 3.27. The summed E-state index contributed by atoms with van der Waals surface area (Å²) in [6, 6.07) is 4.69. The van der Waals surface area contributed by atoms with Gasteiger partial charge in [0.15, 0.2) is 6.10 Å². The van der Waals surface area contributed by atoms with E-state index < -0.39 is 34.0 Å². The number of imide groups is 1. The standard InChI is InChI=1S/C16H19N3O6S/c1-3-7-18-26(23,24)13-6-4-5-12(10-13)15(21)25-11(2)14(20)19-9-8-17-16(19)22/h3-6,10-11,18H,1,7-9H2,2H3,(H,17,22)/t11-/m1/s1. The number of hydrogen-bond donors (Lipinski definition) is 2. The Morgan fingerprint density at radius 2 is 2.19 bits per heavy atom. The second kappa shape index (κ2) is 8.11. The lowest BCUT2D eigenvalue weighted by atomic mass is 10.2. The first kappa shape index (κ1) is 19.6. The van der Waals surface area contributed by atoms with Crippen molar-refractivity contribution in [2.75, 3.05) is 19.6 Å². The molecule has 1 aliphatic rings. The maximum Gasteiger partial charge on any atom is 0.338 e. The molecule has 1 aromatic rings. The van der Waals surface area contributed by atoms with Gasteiger partial charge in [-0.15, -0.1) is 6.58 Å². The Morgan fingerprint density at radius 3 is 2.81 bits per heavy atom. The highest BCUT2D eigenvalue weighted by Crippen LogP contribution is 2.14. The Labute approximate surface area is 151 Å². The number of carbonyl (C=O) groups excluding carboxylic acids is 3. The molecule has 9 nitrogen and oxygen atoms in total. The molecule has 0 aliphatic carbocycles. The molecule has 1 fully saturated rings. The maximum atomic E-state index is 12.2. The Morgan fingerprint density at radius 1 is 1.46 bits per heavy atom. The summed E-state index contributed by atoms with van der Waals surface area (Å²) in [6.45, 7) is 5.35. The van der Waals surface area contributed by atoms with Crippen LogP contribution in [0.15, 0.2) is 41.8 Å². The van der Waals surface area contributed by atoms with E-state index in [0.29, 0.717) is 6.54 Å². The van der Waals surface area contributed by atoms with Crippen LogP contribution in [0.3, 0.4) is 0 Å². The number of nitrogens with one attached hydrogen (secondary N) is 2. The van der Waals surface area contributed by atoms with Gasteiger partial charge in [-0.1, -0.05) is 12.1 Å². The molecule has 0 unspecified atom stereocenters. The van der Waals surface area contributed by atoms with Gasteiger partial charge in [0.2, 0.25) is 10.0 Å². The van der Waals surface area contributed by atoms with Crippen LogP contribution in [0.25, 0.3) is 0 Å². The van der Waals surface area contributed by atoms with Crippen molar-refractivity contribution < 1.29 is 27.5 Å². The third-order valence-electron chi connectivity index (χ3n) is 3.55. The summed E-state index contributed by atoms with van der Waals surface area (Å²) in [5.41, 5.74) is -0.0306. The maximum absolute atomic E-state index is 12.2. The number of nitrogens with zero attached hydrogens (tertiary/aromatic N) is 1. The summed E-state index contributed by atoms with van der Waals surface area (Å²) in [7, 11) is -3.80. The Kier molecular flexibility index (Phi) is 6.11. The van der Waals surface area contributed by atoms with Crippen LogP contribution in [-0.4, -0.2) is 57.0 Å². The minimum atomic E-state index is -3.80. The smallest absolute Gasteiger partial charge is 0.338 e. The average Bonchev–Trinajstić information content (AvgIpc) is 3.05. The fourth-order valence-electron chi connectivity index (χ4n) is 2.22. The summed E-state index contributed by atoms with van der Waals surface area (Å²) in [5, 5.41) is 2.48. The number of rotatable bonds is 7. The number of sulfonamides is 1. The average molecular weight is 381 g/mol. The van der Waals surface area contributed by atoms with Gasteiger partial charge in [-0.25, -0.2) is 22.7 Å². The highest BCUT2D eigenvalue weighted by Gasteiger charge is 2.31. The van der Waals surface area contributed by atoms with E-state index >= 15 is 0 Å². The Balaban J connectivity index is 2.10. The molecule has 3 amide bonds. The molecule has 1 aliphatic heterocycles. The van der Waals surface area contributed by atoms with E-state index in [1.54, 1.807) is 0 Å². The van der Waals surface area contributed by atoms with Crippen molar-refractivity contribution in [3.63, 3.8) is 0 Å². The van der Waals surface area contributed by atoms with Gasteiger partial charge < -0.3 is 10.1 Å². The van der Waals surface area contributed by atoms with E-state index in [2.05, 4.69) is 16.6 Å². The van der Waals surface area contributed by atoms with Gasteiger partial charge in [0.1, 0.15) is 0 Å². The third kappa shape index (κ3) is 4.46. The molecule has 1 atom stereocenters. The zero-order chi connectivity index (χ0) is 19.3. The molecule has 0 saturated carbocycles. The molecular formula is C16H19N3O6S.